The van der Waals surface area contributed by atoms with Gasteiger partial charge in [-0.2, -0.15) is 0 Å². The highest BCUT2D eigenvalue weighted by Crippen LogP contribution is 2.29. The zero-order valence-electron chi connectivity index (χ0n) is 12.2. The van der Waals surface area contributed by atoms with Gasteiger partial charge in [-0.1, -0.05) is 6.92 Å². The van der Waals surface area contributed by atoms with Gasteiger partial charge in [-0.25, -0.2) is 0 Å². The van der Waals surface area contributed by atoms with Crippen LogP contribution in [0.2, 0.25) is 0 Å². The molecule has 110 valence electrons. The van der Waals surface area contributed by atoms with E-state index in [0.29, 0.717) is 5.56 Å². The summed E-state index contributed by atoms with van der Waals surface area (Å²) < 4.78 is 1.10. The Hall–Kier alpha value is -1.39. The molecule has 4 heteroatoms. The fraction of sp³-hybridized carbons (Fsp3) is 0.235. The lowest BCUT2D eigenvalue weighted by molar-refractivity contribution is 0.104. The molecule has 0 amide bonds. The third-order valence-electron chi connectivity index (χ3n) is 3.27. The molecule has 21 heavy (non-hydrogen) atoms. The number of halogens is 1. The molecule has 2 rings (SSSR count). The van der Waals surface area contributed by atoms with E-state index < -0.39 is 0 Å². The first-order valence-electron chi connectivity index (χ1n) is 6.73. The Morgan fingerprint density at radius 3 is 2.43 bits per heavy atom. The molecule has 0 aliphatic rings. The van der Waals surface area contributed by atoms with E-state index in [1.807, 2.05) is 12.1 Å². The fourth-order valence-corrected chi connectivity index (χ4v) is 3.92. The van der Waals surface area contributed by atoms with Gasteiger partial charge < -0.3 is 5.11 Å². The van der Waals surface area contributed by atoms with Gasteiger partial charge in [0.2, 0.25) is 0 Å². The van der Waals surface area contributed by atoms with Crippen molar-refractivity contribution in [3.8, 4) is 5.75 Å². The van der Waals surface area contributed by atoms with E-state index in [9.17, 15) is 9.90 Å². The molecule has 0 atom stereocenters. The number of carbonyl (C=O) groups excluding carboxylic acids is 1. The molecule has 1 N–H and O–H groups in total. The van der Waals surface area contributed by atoms with Gasteiger partial charge in [0.1, 0.15) is 5.75 Å². The second-order valence-corrected chi connectivity index (χ2v) is 6.95. The SMILES string of the molecule is CCc1sc(C=CC(=O)c2cc(C)c(O)c(C)c2)cc1Br. The maximum absolute atomic E-state index is 12.2. The number of aromatic hydroxyl groups is 1. The van der Waals surface area contributed by atoms with Crippen LogP contribution in [0.1, 0.15) is 38.2 Å². The van der Waals surface area contributed by atoms with Gasteiger partial charge in [0.05, 0.1) is 0 Å². The second-order valence-electron chi connectivity index (χ2n) is 4.93. The summed E-state index contributed by atoms with van der Waals surface area (Å²) in [5.74, 6) is 0.203. The van der Waals surface area contributed by atoms with Gasteiger partial charge in [-0.05, 0) is 77.7 Å². The van der Waals surface area contributed by atoms with E-state index in [4.69, 9.17) is 0 Å². The fourth-order valence-electron chi connectivity index (χ4n) is 2.10. The lowest BCUT2D eigenvalue weighted by Crippen LogP contribution is -1.96. The largest absolute Gasteiger partial charge is 0.507 e. The molecule has 1 aromatic carbocycles. The Morgan fingerprint density at radius 2 is 1.90 bits per heavy atom. The van der Waals surface area contributed by atoms with Crippen molar-refractivity contribution in [2.45, 2.75) is 27.2 Å². The number of hydrogen-bond donors (Lipinski definition) is 1. The van der Waals surface area contributed by atoms with Crippen molar-refractivity contribution in [1.29, 1.82) is 0 Å². The molecule has 0 aliphatic carbocycles. The summed E-state index contributed by atoms with van der Waals surface area (Å²) in [6, 6.07) is 5.47. The normalized spacial score (nSPS) is 11.2. The molecule has 2 nitrogen and oxygen atoms in total. The zero-order chi connectivity index (χ0) is 15.6. The van der Waals surface area contributed by atoms with Crippen LogP contribution >= 0.6 is 27.3 Å². The summed E-state index contributed by atoms with van der Waals surface area (Å²) in [6.45, 7) is 5.71. The van der Waals surface area contributed by atoms with E-state index in [-0.39, 0.29) is 11.5 Å². The minimum absolute atomic E-state index is 0.0521. The first-order chi connectivity index (χ1) is 9.92. The van der Waals surface area contributed by atoms with Gasteiger partial charge >= 0.3 is 0 Å². The molecular weight excluding hydrogens is 348 g/mol. The highest BCUT2D eigenvalue weighted by Gasteiger charge is 2.08. The van der Waals surface area contributed by atoms with Crippen molar-refractivity contribution < 1.29 is 9.90 Å². The molecule has 0 bridgehead atoms. The van der Waals surface area contributed by atoms with E-state index in [1.165, 1.54) is 4.88 Å². The summed E-state index contributed by atoms with van der Waals surface area (Å²) in [4.78, 5) is 14.6. The third kappa shape index (κ3) is 3.63. The molecule has 2 aromatic rings. The molecule has 0 spiro atoms. The number of rotatable bonds is 4. The van der Waals surface area contributed by atoms with Gasteiger partial charge in [-0.15, -0.1) is 11.3 Å². The standard InChI is InChI=1S/C17H17BrO2S/c1-4-16-14(18)9-13(21-16)5-6-15(19)12-7-10(2)17(20)11(3)8-12/h5-9,20H,4H2,1-3H3. The van der Waals surface area contributed by atoms with E-state index in [2.05, 4.69) is 22.9 Å². The number of thiophene rings is 1. The predicted octanol–water partition coefficient (Wildman–Crippen LogP) is 5.29. The summed E-state index contributed by atoms with van der Waals surface area (Å²) in [5, 5.41) is 9.75. The van der Waals surface area contributed by atoms with Crippen LogP contribution < -0.4 is 0 Å². The Morgan fingerprint density at radius 1 is 1.29 bits per heavy atom. The number of benzene rings is 1. The maximum Gasteiger partial charge on any atom is 0.185 e. The Labute approximate surface area is 137 Å². The average molecular weight is 365 g/mol. The Bertz CT molecular complexity index is 691. The highest BCUT2D eigenvalue weighted by molar-refractivity contribution is 9.10. The van der Waals surface area contributed by atoms with Crippen LogP contribution in [0.15, 0.2) is 28.7 Å². The van der Waals surface area contributed by atoms with Crippen LogP contribution in [-0.4, -0.2) is 10.9 Å². The monoisotopic (exact) mass is 364 g/mol. The van der Waals surface area contributed by atoms with Crippen molar-refractivity contribution in [3.05, 3.63) is 55.2 Å². The van der Waals surface area contributed by atoms with Crippen molar-refractivity contribution in [2.75, 3.05) is 0 Å². The highest BCUT2D eigenvalue weighted by atomic mass is 79.9. The van der Waals surface area contributed by atoms with Crippen LogP contribution in [0, 0.1) is 13.8 Å². The number of phenolic OH excluding ortho intramolecular Hbond substituents is 1. The summed E-state index contributed by atoms with van der Waals surface area (Å²) >= 11 is 5.20. The smallest absolute Gasteiger partial charge is 0.185 e. The molecule has 1 heterocycles. The molecule has 0 aliphatic heterocycles. The van der Waals surface area contributed by atoms with Crippen molar-refractivity contribution in [1.82, 2.24) is 0 Å². The first-order valence-corrected chi connectivity index (χ1v) is 8.34. The first kappa shape index (κ1) is 16.0. The van der Waals surface area contributed by atoms with Crippen LogP contribution in [0.3, 0.4) is 0 Å². The number of hydrogen-bond acceptors (Lipinski definition) is 3. The number of carbonyl (C=O) groups is 1. The molecule has 0 unspecified atom stereocenters. The second kappa shape index (κ2) is 6.58. The summed E-state index contributed by atoms with van der Waals surface area (Å²) in [5.41, 5.74) is 2.04. The minimum atomic E-state index is -0.0521. The van der Waals surface area contributed by atoms with E-state index >= 15 is 0 Å². The topological polar surface area (TPSA) is 37.3 Å². The van der Waals surface area contributed by atoms with Gasteiger partial charge in [-0.3, -0.25) is 4.79 Å². The number of phenols is 1. The van der Waals surface area contributed by atoms with E-state index in [1.54, 1.807) is 43.4 Å². The van der Waals surface area contributed by atoms with Crippen LogP contribution in [0.25, 0.3) is 6.08 Å². The third-order valence-corrected chi connectivity index (χ3v) is 5.49. The maximum atomic E-state index is 12.2. The van der Waals surface area contributed by atoms with Gasteiger partial charge in [0.15, 0.2) is 5.78 Å². The quantitative estimate of drug-likeness (QED) is 0.590. The minimum Gasteiger partial charge on any atom is -0.507 e. The Balaban J connectivity index is 2.22. The molecule has 0 saturated heterocycles. The zero-order valence-corrected chi connectivity index (χ0v) is 14.6. The number of aryl methyl sites for hydroxylation is 3. The average Bonchev–Trinajstić information content (AvgIpc) is 2.81. The lowest BCUT2D eigenvalue weighted by atomic mass is 10.0. The number of ketones is 1. The molecule has 0 fully saturated rings. The van der Waals surface area contributed by atoms with Crippen LogP contribution in [0.4, 0.5) is 0 Å². The summed E-state index contributed by atoms with van der Waals surface area (Å²) in [7, 11) is 0. The molecular formula is C17H17BrO2S. The van der Waals surface area contributed by atoms with Gasteiger partial charge in [0, 0.05) is 19.8 Å². The summed E-state index contributed by atoms with van der Waals surface area (Å²) in [6.07, 6.45) is 4.40. The van der Waals surface area contributed by atoms with Crippen molar-refractivity contribution in [3.63, 3.8) is 0 Å². The molecule has 1 aromatic heterocycles. The van der Waals surface area contributed by atoms with Crippen molar-refractivity contribution >= 4 is 39.1 Å². The van der Waals surface area contributed by atoms with Gasteiger partial charge in [0.25, 0.3) is 0 Å². The molecule has 0 saturated carbocycles. The van der Waals surface area contributed by atoms with E-state index in [0.717, 1.165) is 26.9 Å². The lowest BCUT2D eigenvalue weighted by Gasteiger charge is -2.05. The van der Waals surface area contributed by atoms with Crippen LogP contribution in [0.5, 0.6) is 5.75 Å². The van der Waals surface area contributed by atoms with Crippen molar-refractivity contribution in [2.24, 2.45) is 0 Å². The number of allylic oxidation sites excluding steroid dienone is 1. The Kier molecular flexibility index (Phi) is 5.01. The predicted molar refractivity (Wildman–Crippen MR) is 92.3 cm³/mol. The molecule has 0 radical (unpaired) electrons. The van der Waals surface area contributed by atoms with Crippen LogP contribution in [-0.2, 0) is 6.42 Å².